The summed E-state index contributed by atoms with van der Waals surface area (Å²) in [7, 11) is 1.91. The second-order valence-corrected chi connectivity index (χ2v) is 6.93. The first kappa shape index (κ1) is 15.8. The van der Waals surface area contributed by atoms with E-state index in [1.165, 1.54) is 15.3 Å². The lowest BCUT2D eigenvalue weighted by Gasteiger charge is -2.03. The van der Waals surface area contributed by atoms with Crippen LogP contribution in [-0.4, -0.2) is 15.7 Å². The van der Waals surface area contributed by atoms with Crippen LogP contribution in [0.5, 0.6) is 0 Å². The Morgan fingerprint density at radius 3 is 2.67 bits per heavy atom. The molecule has 2 aromatic heterocycles. The maximum atomic E-state index is 11.8. The molecule has 0 bridgehead atoms. The number of aromatic nitrogens is 2. The van der Waals surface area contributed by atoms with Gasteiger partial charge in [0, 0.05) is 28.9 Å². The van der Waals surface area contributed by atoms with Crippen molar-refractivity contribution in [3.63, 3.8) is 0 Å². The van der Waals surface area contributed by atoms with Gasteiger partial charge in [-0.25, -0.2) is 0 Å². The largest absolute Gasteiger partial charge is 0.350 e. The van der Waals surface area contributed by atoms with E-state index >= 15 is 0 Å². The predicted molar refractivity (Wildman–Crippen MR) is 86.5 cm³/mol. The van der Waals surface area contributed by atoms with Gasteiger partial charge >= 0.3 is 0 Å². The summed E-state index contributed by atoms with van der Waals surface area (Å²) in [5.74, 6) is 0.0999. The van der Waals surface area contributed by atoms with Gasteiger partial charge in [-0.3, -0.25) is 9.48 Å². The van der Waals surface area contributed by atoms with Crippen molar-refractivity contribution in [3.8, 4) is 0 Å². The predicted octanol–water partition coefficient (Wildman–Crippen LogP) is 3.05. The van der Waals surface area contributed by atoms with E-state index in [0.29, 0.717) is 13.0 Å². The van der Waals surface area contributed by atoms with Crippen LogP contribution in [0.3, 0.4) is 0 Å². The van der Waals surface area contributed by atoms with E-state index in [1.54, 1.807) is 0 Å². The van der Waals surface area contributed by atoms with Crippen molar-refractivity contribution in [1.82, 2.24) is 15.1 Å². The highest BCUT2D eigenvalue weighted by atomic mass is 32.1. The van der Waals surface area contributed by atoms with E-state index < -0.39 is 0 Å². The molecule has 2 aromatic rings. The molecular weight excluding hydrogens is 282 g/mol. The molecule has 1 N–H and O–H groups in total. The first-order valence-corrected chi connectivity index (χ1v) is 8.09. The third-order valence-corrected chi connectivity index (χ3v) is 4.63. The van der Waals surface area contributed by atoms with Crippen LogP contribution in [0.15, 0.2) is 12.1 Å². The second kappa shape index (κ2) is 6.89. The van der Waals surface area contributed by atoms with Crippen LogP contribution < -0.4 is 5.32 Å². The van der Waals surface area contributed by atoms with E-state index in [4.69, 9.17) is 0 Å². The standard InChI is InChI=1S/C16H23N3OS/c1-11-8-15(18-19(11)4)10-17-16(20)7-5-6-14-9-12(2)21-13(14)3/h8-9H,5-7,10H2,1-4H3,(H,17,20). The molecule has 0 aliphatic rings. The van der Waals surface area contributed by atoms with Gasteiger partial charge in [0.2, 0.25) is 5.91 Å². The molecule has 0 unspecified atom stereocenters. The lowest BCUT2D eigenvalue weighted by molar-refractivity contribution is -0.121. The third-order valence-electron chi connectivity index (χ3n) is 3.62. The highest BCUT2D eigenvalue weighted by Crippen LogP contribution is 2.22. The van der Waals surface area contributed by atoms with Gasteiger partial charge in [0.05, 0.1) is 12.2 Å². The van der Waals surface area contributed by atoms with Gasteiger partial charge in [0.15, 0.2) is 0 Å². The lowest BCUT2D eigenvalue weighted by Crippen LogP contribution is -2.22. The molecule has 0 aliphatic carbocycles. The van der Waals surface area contributed by atoms with Crippen molar-refractivity contribution >= 4 is 17.2 Å². The van der Waals surface area contributed by atoms with Crippen LogP contribution in [0.2, 0.25) is 0 Å². The molecule has 0 atom stereocenters. The van der Waals surface area contributed by atoms with E-state index in [0.717, 1.165) is 24.2 Å². The monoisotopic (exact) mass is 305 g/mol. The maximum absolute atomic E-state index is 11.8. The zero-order valence-electron chi connectivity index (χ0n) is 13.2. The molecular formula is C16H23N3OS. The van der Waals surface area contributed by atoms with Gasteiger partial charge in [-0.2, -0.15) is 5.10 Å². The number of hydrogen-bond acceptors (Lipinski definition) is 3. The number of carbonyl (C=O) groups excluding carboxylic acids is 1. The number of aryl methyl sites for hydroxylation is 5. The van der Waals surface area contributed by atoms with Crippen molar-refractivity contribution < 1.29 is 4.79 Å². The average molecular weight is 305 g/mol. The number of amides is 1. The van der Waals surface area contributed by atoms with Crippen molar-refractivity contribution in [2.45, 2.75) is 46.6 Å². The molecule has 5 heteroatoms. The number of hydrogen-bond donors (Lipinski definition) is 1. The van der Waals surface area contributed by atoms with Crippen LogP contribution in [0.25, 0.3) is 0 Å². The SMILES string of the molecule is Cc1cc(CCCC(=O)NCc2cc(C)n(C)n2)c(C)s1. The Bertz CT molecular complexity index is 608. The van der Waals surface area contributed by atoms with E-state index in [1.807, 2.05) is 36.1 Å². The molecule has 0 aliphatic heterocycles. The van der Waals surface area contributed by atoms with Gasteiger partial charge in [-0.1, -0.05) is 0 Å². The summed E-state index contributed by atoms with van der Waals surface area (Å²) >= 11 is 1.83. The van der Waals surface area contributed by atoms with E-state index in [-0.39, 0.29) is 5.91 Å². The summed E-state index contributed by atoms with van der Waals surface area (Å²) in [6.07, 6.45) is 2.44. The van der Waals surface area contributed by atoms with Gasteiger partial charge in [0.25, 0.3) is 0 Å². The summed E-state index contributed by atoms with van der Waals surface area (Å²) in [6.45, 7) is 6.79. The van der Waals surface area contributed by atoms with Crippen LogP contribution in [0.1, 0.15) is 39.5 Å². The Balaban J connectivity index is 1.71. The minimum atomic E-state index is 0.0999. The molecule has 0 saturated heterocycles. The normalized spacial score (nSPS) is 10.9. The summed E-state index contributed by atoms with van der Waals surface area (Å²) in [5, 5.41) is 7.26. The molecule has 0 spiro atoms. The topological polar surface area (TPSA) is 46.9 Å². The van der Waals surface area contributed by atoms with E-state index in [2.05, 4.69) is 30.3 Å². The Hall–Kier alpha value is -1.62. The zero-order chi connectivity index (χ0) is 15.4. The van der Waals surface area contributed by atoms with Crippen molar-refractivity contribution in [2.24, 2.45) is 7.05 Å². The molecule has 0 aromatic carbocycles. The maximum Gasteiger partial charge on any atom is 0.220 e. The fraction of sp³-hybridized carbons (Fsp3) is 0.500. The Morgan fingerprint density at radius 1 is 1.33 bits per heavy atom. The summed E-state index contributed by atoms with van der Waals surface area (Å²) in [4.78, 5) is 14.6. The smallest absolute Gasteiger partial charge is 0.220 e. The first-order chi connectivity index (χ1) is 9.95. The number of carbonyl (C=O) groups is 1. The first-order valence-electron chi connectivity index (χ1n) is 7.28. The van der Waals surface area contributed by atoms with Gasteiger partial charge < -0.3 is 5.32 Å². The Kier molecular flexibility index (Phi) is 5.17. The Labute approximate surface area is 130 Å². The fourth-order valence-corrected chi connectivity index (χ4v) is 3.35. The molecule has 0 fully saturated rings. The van der Waals surface area contributed by atoms with Crippen LogP contribution in [-0.2, 0) is 24.8 Å². The number of rotatable bonds is 6. The molecule has 21 heavy (non-hydrogen) atoms. The third kappa shape index (κ3) is 4.43. The van der Waals surface area contributed by atoms with E-state index in [9.17, 15) is 4.79 Å². The fourth-order valence-electron chi connectivity index (χ4n) is 2.37. The Morgan fingerprint density at radius 2 is 2.10 bits per heavy atom. The molecule has 1 amide bonds. The average Bonchev–Trinajstić information content (AvgIpc) is 2.90. The summed E-state index contributed by atoms with van der Waals surface area (Å²) < 4.78 is 1.82. The summed E-state index contributed by atoms with van der Waals surface area (Å²) in [5.41, 5.74) is 3.39. The lowest BCUT2D eigenvalue weighted by atomic mass is 10.1. The molecule has 2 rings (SSSR count). The quantitative estimate of drug-likeness (QED) is 0.891. The minimum absolute atomic E-state index is 0.0999. The van der Waals surface area contributed by atoms with Gasteiger partial charge in [-0.05, 0) is 51.3 Å². The van der Waals surface area contributed by atoms with Crippen molar-refractivity contribution in [2.75, 3.05) is 0 Å². The molecule has 0 saturated carbocycles. The zero-order valence-corrected chi connectivity index (χ0v) is 14.0. The van der Waals surface area contributed by atoms with Crippen LogP contribution in [0, 0.1) is 20.8 Å². The van der Waals surface area contributed by atoms with Gasteiger partial charge in [0.1, 0.15) is 0 Å². The number of nitrogens with zero attached hydrogens (tertiary/aromatic N) is 2. The highest BCUT2D eigenvalue weighted by molar-refractivity contribution is 7.12. The highest BCUT2D eigenvalue weighted by Gasteiger charge is 2.07. The van der Waals surface area contributed by atoms with Crippen LogP contribution in [0.4, 0.5) is 0 Å². The molecule has 4 nitrogen and oxygen atoms in total. The van der Waals surface area contributed by atoms with Crippen molar-refractivity contribution in [3.05, 3.63) is 38.8 Å². The van der Waals surface area contributed by atoms with Gasteiger partial charge in [-0.15, -0.1) is 11.3 Å². The van der Waals surface area contributed by atoms with Crippen molar-refractivity contribution in [1.29, 1.82) is 0 Å². The minimum Gasteiger partial charge on any atom is -0.350 e. The molecule has 114 valence electrons. The summed E-state index contributed by atoms with van der Waals surface area (Å²) in [6, 6.07) is 4.23. The number of thiophene rings is 1. The van der Waals surface area contributed by atoms with Crippen LogP contribution >= 0.6 is 11.3 Å². The second-order valence-electron chi connectivity index (χ2n) is 5.47. The molecule has 2 heterocycles. The molecule has 0 radical (unpaired) electrons. The number of nitrogens with one attached hydrogen (secondary N) is 1.